The molecule has 31 heavy (non-hydrogen) atoms. The van der Waals surface area contributed by atoms with Gasteiger partial charge < -0.3 is 14.8 Å². The fourth-order valence-electron chi connectivity index (χ4n) is 3.23. The van der Waals surface area contributed by atoms with Crippen molar-refractivity contribution in [1.29, 1.82) is 0 Å². The summed E-state index contributed by atoms with van der Waals surface area (Å²) in [5, 5.41) is 2.82. The predicted octanol–water partition coefficient (Wildman–Crippen LogP) is 3.52. The molecule has 0 aliphatic carbocycles. The summed E-state index contributed by atoms with van der Waals surface area (Å²) in [5.41, 5.74) is 2.38. The number of aryl methyl sites for hydroxylation is 1. The number of nitrogens with one attached hydrogen (secondary N) is 1. The van der Waals surface area contributed by atoms with Gasteiger partial charge in [0.1, 0.15) is 6.04 Å². The van der Waals surface area contributed by atoms with Crippen LogP contribution >= 0.6 is 0 Å². The third kappa shape index (κ3) is 6.62. The van der Waals surface area contributed by atoms with Gasteiger partial charge in [-0.05, 0) is 62.6 Å². The van der Waals surface area contributed by atoms with E-state index in [2.05, 4.69) is 5.32 Å². The van der Waals surface area contributed by atoms with Gasteiger partial charge in [0, 0.05) is 6.54 Å². The summed E-state index contributed by atoms with van der Waals surface area (Å²) >= 11 is 0. The molecule has 8 heteroatoms. The lowest BCUT2D eigenvalue weighted by atomic mass is 10.1. The molecule has 0 fully saturated rings. The van der Waals surface area contributed by atoms with Crippen LogP contribution in [0.4, 0.5) is 5.69 Å². The smallest absolute Gasteiger partial charge is 0.243 e. The Morgan fingerprint density at radius 2 is 1.55 bits per heavy atom. The molecule has 170 valence electrons. The number of hydrogen-bond acceptors (Lipinski definition) is 5. The Labute approximate surface area is 185 Å². The van der Waals surface area contributed by atoms with Gasteiger partial charge in [-0.25, -0.2) is 8.42 Å². The Bertz CT molecular complexity index is 974. The minimum atomic E-state index is -3.65. The highest BCUT2D eigenvalue weighted by Gasteiger charge is 2.29. The van der Waals surface area contributed by atoms with Gasteiger partial charge in [-0.15, -0.1) is 0 Å². The first-order valence-electron chi connectivity index (χ1n) is 10.5. The zero-order valence-corrected chi connectivity index (χ0v) is 19.7. The van der Waals surface area contributed by atoms with Crippen LogP contribution in [0.25, 0.3) is 0 Å². The Balaban J connectivity index is 2.16. The normalized spacial score (nSPS) is 12.2. The molecule has 1 N–H and O–H groups in total. The highest BCUT2D eigenvalue weighted by molar-refractivity contribution is 7.92. The highest BCUT2D eigenvalue weighted by Crippen LogP contribution is 2.28. The fourth-order valence-corrected chi connectivity index (χ4v) is 4.40. The Kier molecular flexibility index (Phi) is 8.74. The summed E-state index contributed by atoms with van der Waals surface area (Å²) in [6, 6.07) is 11.7. The third-order valence-corrected chi connectivity index (χ3v) is 6.00. The number of hydrogen-bond donors (Lipinski definition) is 1. The molecule has 2 rings (SSSR count). The van der Waals surface area contributed by atoms with Gasteiger partial charge in [0.15, 0.2) is 11.5 Å². The maximum absolute atomic E-state index is 12.8. The van der Waals surface area contributed by atoms with E-state index in [-0.39, 0.29) is 6.54 Å². The molecule has 0 bridgehead atoms. The predicted molar refractivity (Wildman–Crippen MR) is 123 cm³/mol. The molecule has 0 spiro atoms. The minimum Gasteiger partial charge on any atom is -0.490 e. The number of anilines is 1. The van der Waals surface area contributed by atoms with E-state index in [1.54, 1.807) is 25.1 Å². The SMILES string of the molecule is CCOc1ccc(CNC(=O)[C@H](C)N(c2ccc(CC)cc2)S(C)(=O)=O)cc1OCC. The van der Waals surface area contributed by atoms with Crippen LogP contribution in [0.3, 0.4) is 0 Å². The van der Waals surface area contributed by atoms with Gasteiger partial charge in [0.05, 0.1) is 25.2 Å². The fraction of sp³-hybridized carbons (Fsp3) is 0.435. The van der Waals surface area contributed by atoms with E-state index >= 15 is 0 Å². The third-order valence-electron chi connectivity index (χ3n) is 4.76. The van der Waals surface area contributed by atoms with Crippen LogP contribution in [0.2, 0.25) is 0 Å². The van der Waals surface area contributed by atoms with Gasteiger partial charge in [0.25, 0.3) is 0 Å². The monoisotopic (exact) mass is 448 g/mol. The molecule has 0 aliphatic heterocycles. The van der Waals surface area contributed by atoms with E-state index in [9.17, 15) is 13.2 Å². The second-order valence-electron chi connectivity index (χ2n) is 7.12. The summed E-state index contributed by atoms with van der Waals surface area (Å²) < 4.78 is 37.2. The topological polar surface area (TPSA) is 84.9 Å². The molecule has 0 saturated heterocycles. The Morgan fingerprint density at radius 1 is 0.968 bits per heavy atom. The summed E-state index contributed by atoms with van der Waals surface area (Å²) in [6.07, 6.45) is 1.95. The number of rotatable bonds is 11. The van der Waals surface area contributed by atoms with E-state index in [1.807, 2.05) is 45.0 Å². The van der Waals surface area contributed by atoms with E-state index < -0.39 is 22.0 Å². The molecule has 0 heterocycles. The molecule has 0 saturated carbocycles. The van der Waals surface area contributed by atoms with Gasteiger partial charge in [-0.3, -0.25) is 9.10 Å². The number of carbonyl (C=O) groups is 1. The zero-order valence-electron chi connectivity index (χ0n) is 18.8. The molecule has 0 aromatic heterocycles. The van der Waals surface area contributed by atoms with E-state index in [1.165, 1.54) is 0 Å². The second-order valence-corrected chi connectivity index (χ2v) is 8.98. The quantitative estimate of drug-likeness (QED) is 0.569. The van der Waals surface area contributed by atoms with Crippen molar-refractivity contribution in [3.05, 3.63) is 53.6 Å². The van der Waals surface area contributed by atoms with Crippen molar-refractivity contribution < 1.29 is 22.7 Å². The van der Waals surface area contributed by atoms with Crippen molar-refractivity contribution in [3.8, 4) is 11.5 Å². The van der Waals surface area contributed by atoms with Crippen molar-refractivity contribution in [2.75, 3.05) is 23.8 Å². The van der Waals surface area contributed by atoms with E-state index in [0.717, 1.165) is 28.1 Å². The highest BCUT2D eigenvalue weighted by atomic mass is 32.2. The Morgan fingerprint density at radius 3 is 2.10 bits per heavy atom. The summed E-state index contributed by atoms with van der Waals surface area (Å²) in [4.78, 5) is 12.8. The molecule has 2 aromatic rings. The number of carbonyl (C=O) groups excluding carboxylic acids is 1. The average Bonchev–Trinajstić information content (AvgIpc) is 2.73. The molecule has 0 radical (unpaired) electrons. The van der Waals surface area contributed by atoms with Crippen molar-refractivity contribution in [2.45, 2.75) is 46.7 Å². The van der Waals surface area contributed by atoms with Crippen LogP contribution in [0.1, 0.15) is 38.8 Å². The summed E-state index contributed by atoms with van der Waals surface area (Å²) in [6.45, 7) is 8.64. The van der Waals surface area contributed by atoms with Crippen LogP contribution in [-0.2, 0) is 27.8 Å². The molecule has 1 atom stereocenters. The molecule has 0 unspecified atom stereocenters. The molecule has 1 amide bonds. The number of nitrogens with zero attached hydrogens (tertiary/aromatic N) is 1. The molecular formula is C23H32N2O5S. The average molecular weight is 449 g/mol. The van der Waals surface area contributed by atoms with Crippen molar-refractivity contribution in [1.82, 2.24) is 5.32 Å². The van der Waals surface area contributed by atoms with Crippen LogP contribution in [0.15, 0.2) is 42.5 Å². The first kappa shape index (κ1) is 24.5. The van der Waals surface area contributed by atoms with Gasteiger partial charge >= 0.3 is 0 Å². The zero-order chi connectivity index (χ0) is 23.0. The molecular weight excluding hydrogens is 416 g/mol. The van der Waals surface area contributed by atoms with Crippen molar-refractivity contribution in [2.24, 2.45) is 0 Å². The van der Waals surface area contributed by atoms with Crippen LogP contribution in [-0.4, -0.2) is 39.8 Å². The number of ether oxygens (including phenoxy) is 2. The standard InChI is InChI=1S/C23H32N2O5S/c1-6-18-9-12-20(13-10-18)25(31(5,27)28)17(4)23(26)24-16-19-11-14-21(29-7-2)22(15-19)30-8-3/h9-15,17H,6-8,16H2,1-5H3,(H,24,26)/t17-/m0/s1. The van der Waals surface area contributed by atoms with E-state index in [4.69, 9.17) is 9.47 Å². The molecule has 7 nitrogen and oxygen atoms in total. The lowest BCUT2D eigenvalue weighted by Gasteiger charge is -2.28. The second kappa shape index (κ2) is 11.0. The van der Waals surface area contributed by atoms with Gasteiger partial charge in [-0.2, -0.15) is 0 Å². The lowest BCUT2D eigenvalue weighted by Crippen LogP contribution is -2.47. The largest absolute Gasteiger partial charge is 0.490 e. The maximum atomic E-state index is 12.8. The van der Waals surface area contributed by atoms with Crippen LogP contribution in [0.5, 0.6) is 11.5 Å². The first-order chi connectivity index (χ1) is 14.7. The molecule has 2 aromatic carbocycles. The van der Waals surface area contributed by atoms with Crippen LogP contribution < -0.4 is 19.1 Å². The van der Waals surface area contributed by atoms with Crippen LogP contribution in [0, 0.1) is 0 Å². The molecule has 0 aliphatic rings. The minimum absolute atomic E-state index is 0.238. The maximum Gasteiger partial charge on any atom is 0.243 e. The van der Waals surface area contributed by atoms with E-state index in [0.29, 0.717) is 30.4 Å². The van der Waals surface area contributed by atoms with Crippen molar-refractivity contribution >= 4 is 21.6 Å². The van der Waals surface area contributed by atoms with Crippen molar-refractivity contribution in [3.63, 3.8) is 0 Å². The number of amides is 1. The van der Waals surface area contributed by atoms with Gasteiger partial charge in [-0.1, -0.05) is 25.1 Å². The lowest BCUT2D eigenvalue weighted by molar-refractivity contribution is -0.122. The summed E-state index contributed by atoms with van der Waals surface area (Å²) in [5.74, 6) is 0.862. The number of benzene rings is 2. The first-order valence-corrected chi connectivity index (χ1v) is 12.3. The summed E-state index contributed by atoms with van der Waals surface area (Å²) in [7, 11) is -3.65. The van der Waals surface area contributed by atoms with Gasteiger partial charge in [0.2, 0.25) is 15.9 Å². The Hall–Kier alpha value is -2.74. The number of sulfonamides is 1.